The number of halogens is 1. The fraction of sp³-hybridized carbons (Fsp3) is 0.125. The lowest BCUT2D eigenvalue weighted by atomic mass is 10.5. The molecule has 1 rings (SSSR count). The van der Waals surface area contributed by atoms with Crippen molar-refractivity contribution in [2.24, 2.45) is 0 Å². The molecule has 3 heteroatoms. The molecule has 0 bridgehead atoms. The molecular weight excluding hydrogens is 222 g/mol. The van der Waals surface area contributed by atoms with E-state index in [-0.39, 0.29) is 0 Å². The first-order valence-electron chi connectivity index (χ1n) is 3.16. The average molecular weight is 230 g/mol. The minimum absolute atomic E-state index is 0.872. The predicted octanol–water partition coefficient (Wildman–Crippen LogP) is 3.08. The lowest BCUT2D eigenvalue weighted by molar-refractivity contribution is 1.14. The average Bonchev–Trinajstić information content (AvgIpc) is 2.03. The van der Waals surface area contributed by atoms with Gasteiger partial charge in [0, 0.05) is 11.9 Å². The van der Waals surface area contributed by atoms with Crippen molar-refractivity contribution >= 4 is 27.7 Å². The first-order chi connectivity index (χ1) is 5.29. The highest BCUT2D eigenvalue weighted by Gasteiger charge is 1.93. The van der Waals surface area contributed by atoms with Crippen molar-refractivity contribution in [2.45, 2.75) is 5.03 Å². The van der Waals surface area contributed by atoms with Crippen molar-refractivity contribution in [3.05, 3.63) is 35.5 Å². The van der Waals surface area contributed by atoms with Crippen molar-refractivity contribution in [3.8, 4) is 0 Å². The van der Waals surface area contributed by atoms with Crippen LogP contribution in [-0.4, -0.2) is 10.7 Å². The van der Waals surface area contributed by atoms with E-state index in [2.05, 4.69) is 27.5 Å². The summed E-state index contributed by atoms with van der Waals surface area (Å²) in [7, 11) is 0. The summed E-state index contributed by atoms with van der Waals surface area (Å²) in [5.74, 6) is 0.872. The van der Waals surface area contributed by atoms with Gasteiger partial charge in [-0.05, 0) is 16.6 Å². The van der Waals surface area contributed by atoms with Crippen LogP contribution in [0.2, 0.25) is 0 Å². The van der Waals surface area contributed by atoms with E-state index in [0.29, 0.717) is 0 Å². The van der Waals surface area contributed by atoms with Crippen molar-refractivity contribution < 1.29 is 0 Å². The van der Waals surface area contributed by atoms with Crippen molar-refractivity contribution in [2.75, 3.05) is 5.75 Å². The van der Waals surface area contributed by atoms with E-state index in [4.69, 9.17) is 0 Å². The molecule has 0 radical (unpaired) electrons. The van der Waals surface area contributed by atoms with Gasteiger partial charge in [0.15, 0.2) is 0 Å². The second-order valence-electron chi connectivity index (χ2n) is 1.97. The van der Waals surface area contributed by atoms with E-state index in [1.165, 1.54) is 0 Å². The van der Waals surface area contributed by atoms with E-state index >= 15 is 0 Å². The molecule has 0 saturated heterocycles. The molecular formula is C8H8BrNS. The predicted molar refractivity (Wildman–Crippen MR) is 53.0 cm³/mol. The molecule has 1 heterocycles. The van der Waals surface area contributed by atoms with Gasteiger partial charge in [-0.3, -0.25) is 0 Å². The molecule has 0 aromatic carbocycles. The largest absolute Gasteiger partial charge is 0.250 e. The van der Waals surface area contributed by atoms with Crippen LogP contribution in [0.4, 0.5) is 0 Å². The third kappa shape index (κ3) is 3.58. The Morgan fingerprint density at radius 1 is 1.64 bits per heavy atom. The van der Waals surface area contributed by atoms with Crippen molar-refractivity contribution in [3.63, 3.8) is 0 Å². The van der Waals surface area contributed by atoms with Crippen LogP contribution in [0, 0.1) is 0 Å². The van der Waals surface area contributed by atoms with E-state index in [1.54, 1.807) is 18.0 Å². The summed E-state index contributed by atoms with van der Waals surface area (Å²) in [6.07, 6.45) is 1.79. The van der Waals surface area contributed by atoms with Gasteiger partial charge in [0.25, 0.3) is 0 Å². The van der Waals surface area contributed by atoms with Gasteiger partial charge in [0.05, 0.1) is 5.03 Å². The lowest BCUT2D eigenvalue weighted by Crippen LogP contribution is -1.79. The van der Waals surface area contributed by atoms with Crippen LogP contribution >= 0.6 is 27.7 Å². The molecule has 0 spiro atoms. The molecule has 11 heavy (non-hydrogen) atoms. The number of nitrogens with zero attached hydrogens (tertiary/aromatic N) is 1. The summed E-state index contributed by atoms with van der Waals surface area (Å²) >= 11 is 4.96. The van der Waals surface area contributed by atoms with Crippen LogP contribution in [-0.2, 0) is 0 Å². The fourth-order valence-corrected chi connectivity index (χ4v) is 1.54. The van der Waals surface area contributed by atoms with Gasteiger partial charge in [-0.25, -0.2) is 4.98 Å². The third-order valence-electron chi connectivity index (χ3n) is 1.01. The minimum Gasteiger partial charge on any atom is -0.250 e. The Balaban J connectivity index is 2.45. The highest BCUT2D eigenvalue weighted by molar-refractivity contribution is 9.11. The van der Waals surface area contributed by atoms with Gasteiger partial charge in [-0.2, -0.15) is 0 Å². The normalized spacial score (nSPS) is 9.55. The molecule has 0 atom stereocenters. The molecule has 0 amide bonds. The minimum atomic E-state index is 0.872. The molecule has 0 fully saturated rings. The number of aromatic nitrogens is 1. The molecule has 0 saturated carbocycles. The maximum absolute atomic E-state index is 4.15. The van der Waals surface area contributed by atoms with Gasteiger partial charge in [-0.1, -0.05) is 28.6 Å². The molecule has 0 aliphatic heterocycles. The van der Waals surface area contributed by atoms with Crippen LogP contribution in [0.5, 0.6) is 0 Å². The molecule has 0 N–H and O–H groups in total. The van der Waals surface area contributed by atoms with Gasteiger partial charge in [-0.15, -0.1) is 11.8 Å². The second-order valence-corrected chi connectivity index (χ2v) is 4.09. The number of thioether (sulfide) groups is 1. The number of hydrogen-bond acceptors (Lipinski definition) is 2. The molecule has 0 aliphatic rings. The van der Waals surface area contributed by atoms with E-state index in [9.17, 15) is 0 Å². The Morgan fingerprint density at radius 2 is 2.45 bits per heavy atom. The standard InChI is InChI=1S/C8H8BrNS/c1-7(9)6-11-8-4-2-3-5-10-8/h2-5H,1,6H2. The zero-order valence-corrected chi connectivity index (χ0v) is 8.36. The molecule has 0 aliphatic carbocycles. The fourth-order valence-electron chi connectivity index (χ4n) is 0.585. The van der Waals surface area contributed by atoms with Crippen LogP contribution in [0.3, 0.4) is 0 Å². The van der Waals surface area contributed by atoms with Gasteiger partial charge < -0.3 is 0 Å². The van der Waals surface area contributed by atoms with Crippen LogP contribution in [0.1, 0.15) is 0 Å². The smallest absolute Gasteiger partial charge is 0.0963 e. The number of hydrogen-bond donors (Lipinski definition) is 0. The van der Waals surface area contributed by atoms with Crippen LogP contribution < -0.4 is 0 Å². The van der Waals surface area contributed by atoms with Crippen LogP contribution in [0.15, 0.2) is 40.5 Å². The summed E-state index contributed by atoms with van der Waals surface area (Å²) in [6.45, 7) is 3.74. The summed E-state index contributed by atoms with van der Waals surface area (Å²) in [6, 6.07) is 5.87. The van der Waals surface area contributed by atoms with E-state index in [0.717, 1.165) is 15.3 Å². The zero-order chi connectivity index (χ0) is 8.10. The molecule has 1 nitrogen and oxygen atoms in total. The Kier molecular flexibility index (Phi) is 3.66. The lowest BCUT2D eigenvalue weighted by Gasteiger charge is -1.96. The van der Waals surface area contributed by atoms with Crippen LogP contribution in [0.25, 0.3) is 0 Å². The SMILES string of the molecule is C=C(Br)CSc1ccccn1. The Labute approximate surface area is 79.0 Å². The topological polar surface area (TPSA) is 12.9 Å². The number of rotatable bonds is 3. The first kappa shape index (κ1) is 8.81. The quantitative estimate of drug-likeness (QED) is 0.740. The van der Waals surface area contributed by atoms with Gasteiger partial charge >= 0.3 is 0 Å². The highest BCUT2D eigenvalue weighted by Crippen LogP contribution is 2.18. The Morgan fingerprint density at radius 3 is 3.00 bits per heavy atom. The molecule has 0 unspecified atom stereocenters. The summed E-state index contributed by atoms with van der Waals surface area (Å²) in [5, 5.41) is 1.04. The van der Waals surface area contributed by atoms with E-state index in [1.807, 2.05) is 18.2 Å². The molecule has 58 valence electrons. The number of pyridine rings is 1. The van der Waals surface area contributed by atoms with E-state index < -0.39 is 0 Å². The second kappa shape index (κ2) is 4.57. The summed E-state index contributed by atoms with van der Waals surface area (Å²) in [5.41, 5.74) is 0. The van der Waals surface area contributed by atoms with Gasteiger partial charge in [0.1, 0.15) is 0 Å². The molecule has 1 aromatic heterocycles. The first-order valence-corrected chi connectivity index (χ1v) is 4.94. The van der Waals surface area contributed by atoms with Gasteiger partial charge in [0.2, 0.25) is 0 Å². The highest BCUT2D eigenvalue weighted by atomic mass is 79.9. The Hall–Kier alpha value is -0.280. The maximum atomic E-state index is 4.15. The van der Waals surface area contributed by atoms with Crippen molar-refractivity contribution in [1.29, 1.82) is 0 Å². The summed E-state index contributed by atoms with van der Waals surface area (Å²) < 4.78 is 0.994. The van der Waals surface area contributed by atoms with Crippen molar-refractivity contribution in [1.82, 2.24) is 4.98 Å². The molecule has 1 aromatic rings. The maximum Gasteiger partial charge on any atom is 0.0963 e. The Bertz CT molecular complexity index is 235. The third-order valence-corrected chi connectivity index (χ3v) is 2.70. The monoisotopic (exact) mass is 229 g/mol. The summed E-state index contributed by atoms with van der Waals surface area (Å²) in [4.78, 5) is 4.15. The zero-order valence-electron chi connectivity index (χ0n) is 5.96.